The molecule has 15 heavy (non-hydrogen) atoms. The molecular formula is C11H9BrN2O. The molecule has 1 heterocycles. The Morgan fingerprint density at radius 3 is 2.93 bits per heavy atom. The first kappa shape index (κ1) is 10.1. The first-order chi connectivity index (χ1) is 7.18. The molecule has 0 aliphatic carbocycles. The van der Waals surface area contributed by atoms with E-state index in [1.54, 1.807) is 12.3 Å². The molecule has 2 rings (SSSR count). The summed E-state index contributed by atoms with van der Waals surface area (Å²) >= 11 is 3.22. The number of benzene rings is 1. The normalized spacial score (nSPS) is 10.5. The number of hydrogen-bond acceptors (Lipinski definition) is 2. The lowest BCUT2D eigenvalue weighted by molar-refractivity contribution is 0.657. The molecule has 2 aromatic rings. The van der Waals surface area contributed by atoms with Crippen LogP contribution in [0.3, 0.4) is 0 Å². The van der Waals surface area contributed by atoms with E-state index in [9.17, 15) is 4.79 Å². The number of aromatic nitrogens is 2. The predicted molar refractivity (Wildman–Crippen MR) is 64.1 cm³/mol. The third-order valence-electron chi connectivity index (χ3n) is 2.08. The lowest BCUT2D eigenvalue weighted by atomic mass is 10.2. The highest BCUT2D eigenvalue weighted by Crippen LogP contribution is 2.08. The summed E-state index contributed by atoms with van der Waals surface area (Å²) in [5.74, 6) is 0. The maximum atomic E-state index is 11.9. The molecule has 0 aliphatic heterocycles. The van der Waals surface area contributed by atoms with Gasteiger partial charge in [0.2, 0.25) is 0 Å². The van der Waals surface area contributed by atoms with Crippen molar-refractivity contribution in [2.45, 2.75) is 6.54 Å². The summed E-state index contributed by atoms with van der Waals surface area (Å²) < 4.78 is 2.12. The van der Waals surface area contributed by atoms with Crippen molar-refractivity contribution in [1.29, 1.82) is 0 Å². The smallest absolute Gasteiger partial charge is 0.267 e. The summed E-state index contributed by atoms with van der Waals surface area (Å²) in [5, 5.41) is 5.60. The zero-order valence-corrected chi connectivity index (χ0v) is 9.57. The number of halogens is 1. The van der Waals surface area contributed by atoms with Crippen molar-refractivity contribution in [3.05, 3.63) is 51.9 Å². The van der Waals surface area contributed by atoms with Crippen LogP contribution in [0.4, 0.5) is 0 Å². The minimum Gasteiger partial charge on any atom is -0.267 e. The molecule has 0 fully saturated rings. The van der Waals surface area contributed by atoms with Crippen molar-refractivity contribution < 1.29 is 0 Å². The van der Waals surface area contributed by atoms with Crippen LogP contribution in [0.5, 0.6) is 0 Å². The fourth-order valence-corrected chi connectivity index (χ4v) is 1.64. The van der Waals surface area contributed by atoms with Crippen LogP contribution < -0.4 is 5.56 Å². The molecule has 1 aromatic carbocycles. The van der Waals surface area contributed by atoms with Gasteiger partial charge in [-0.1, -0.05) is 40.7 Å². The average molecular weight is 265 g/mol. The van der Waals surface area contributed by atoms with Gasteiger partial charge in [0.05, 0.1) is 18.1 Å². The largest absolute Gasteiger partial charge is 0.274 e. The van der Waals surface area contributed by atoms with E-state index in [4.69, 9.17) is 0 Å². The summed E-state index contributed by atoms with van der Waals surface area (Å²) in [6.07, 6.45) is 1.69. The molecule has 76 valence electrons. The molecule has 0 bridgehead atoms. The number of rotatable bonds is 2. The standard InChI is InChI=1S/C11H9BrN2O/c1-8(12)7-14-11(15)10-5-3-2-4-9(10)6-13-14/h2-6H,1,7H2. The highest BCUT2D eigenvalue weighted by Gasteiger charge is 2.02. The minimum absolute atomic E-state index is 0.0892. The molecule has 0 N–H and O–H groups in total. The Bertz CT molecular complexity index is 574. The SMILES string of the molecule is C=C(Br)Cn1ncc2ccccc2c1=O. The fourth-order valence-electron chi connectivity index (χ4n) is 1.40. The van der Waals surface area contributed by atoms with Crippen molar-refractivity contribution in [3.8, 4) is 0 Å². The van der Waals surface area contributed by atoms with E-state index in [0.717, 1.165) is 9.87 Å². The molecular weight excluding hydrogens is 256 g/mol. The molecule has 0 spiro atoms. The number of allylic oxidation sites excluding steroid dienone is 1. The molecule has 4 heteroatoms. The van der Waals surface area contributed by atoms with Crippen LogP contribution in [0.15, 0.2) is 46.3 Å². The first-order valence-corrected chi connectivity index (χ1v) is 5.26. The van der Waals surface area contributed by atoms with Crippen LogP contribution in [0, 0.1) is 0 Å². The summed E-state index contributed by atoms with van der Waals surface area (Å²) in [5.41, 5.74) is -0.0892. The van der Waals surface area contributed by atoms with Gasteiger partial charge < -0.3 is 0 Å². The first-order valence-electron chi connectivity index (χ1n) is 4.46. The van der Waals surface area contributed by atoms with Gasteiger partial charge in [-0.2, -0.15) is 5.10 Å². The third kappa shape index (κ3) is 1.99. The van der Waals surface area contributed by atoms with Gasteiger partial charge in [0.25, 0.3) is 5.56 Å². The second-order valence-corrected chi connectivity index (χ2v) is 4.33. The van der Waals surface area contributed by atoms with Crippen LogP contribution in [-0.4, -0.2) is 9.78 Å². The number of nitrogens with zero attached hydrogens (tertiary/aromatic N) is 2. The van der Waals surface area contributed by atoms with Crippen LogP contribution in [0.25, 0.3) is 10.8 Å². The lowest BCUT2D eigenvalue weighted by Gasteiger charge is -2.03. The topological polar surface area (TPSA) is 34.9 Å². The van der Waals surface area contributed by atoms with Crippen LogP contribution >= 0.6 is 15.9 Å². The molecule has 0 aliphatic rings. The van der Waals surface area contributed by atoms with Gasteiger partial charge in [-0.15, -0.1) is 0 Å². The summed E-state index contributed by atoms with van der Waals surface area (Å²) in [6, 6.07) is 7.40. The average Bonchev–Trinajstić information content (AvgIpc) is 2.22. The van der Waals surface area contributed by atoms with E-state index in [2.05, 4.69) is 27.6 Å². The second-order valence-electron chi connectivity index (χ2n) is 3.21. The molecule has 0 unspecified atom stereocenters. The van der Waals surface area contributed by atoms with Crippen molar-refractivity contribution in [1.82, 2.24) is 9.78 Å². The second kappa shape index (κ2) is 3.98. The van der Waals surface area contributed by atoms with Crippen molar-refractivity contribution >= 4 is 26.7 Å². The Labute approximate surface area is 95.2 Å². The van der Waals surface area contributed by atoms with E-state index in [1.165, 1.54) is 4.68 Å². The van der Waals surface area contributed by atoms with Gasteiger partial charge in [0.15, 0.2) is 0 Å². The van der Waals surface area contributed by atoms with E-state index in [1.807, 2.05) is 18.2 Å². The molecule has 0 saturated carbocycles. The van der Waals surface area contributed by atoms with Gasteiger partial charge in [-0.05, 0) is 6.07 Å². The Morgan fingerprint density at radius 1 is 1.47 bits per heavy atom. The van der Waals surface area contributed by atoms with Gasteiger partial charge in [0.1, 0.15) is 0 Å². The highest BCUT2D eigenvalue weighted by atomic mass is 79.9. The van der Waals surface area contributed by atoms with Crippen molar-refractivity contribution in [2.24, 2.45) is 0 Å². The maximum absolute atomic E-state index is 11.9. The van der Waals surface area contributed by atoms with E-state index in [0.29, 0.717) is 11.9 Å². The fraction of sp³-hybridized carbons (Fsp3) is 0.0909. The number of fused-ring (bicyclic) bond motifs is 1. The van der Waals surface area contributed by atoms with Gasteiger partial charge in [-0.3, -0.25) is 4.79 Å². The van der Waals surface area contributed by atoms with E-state index in [-0.39, 0.29) is 5.56 Å². The van der Waals surface area contributed by atoms with Gasteiger partial charge >= 0.3 is 0 Å². The Morgan fingerprint density at radius 2 is 2.20 bits per heavy atom. The van der Waals surface area contributed by atoms with Crippen LogP contribution in [0.1, 0.15) is 0 Å². The number of hydrogen-bond donors (Lipinski definition) is 0. The summed E-state index contributed by atoms with van der Waals surface area (Å²) in [6.45, 7) is 4.08. The summed E-state index contributed by atoms with van der Waals surface area (Å²) in [4.78, 5) is 11.9. The zero-order chi connectivity index (χ0) is 10.8. The molecule has 1 aromatic heterocycles. The van der Waals surface area contributed by atoms with Crippen LogP contribution in [-0.2, 0) is 6.54 Å². The Hall–Kier alpha value is -1.42. The van der Waals surface area contributed by atoms with E-state index >= 15 is 0 Å². The highest BCUT2D eigenvalue weighted by molar-refractivity contribution is 9.11. The Balaban J connectivity index is 2.65. The van der Waals surface area contributed by atoms with E-state index < -0.39 is 0 Å². The predicted octanol–water partition coefficient (Wildman–Crippen LogP) is 2.31. The quantitative estimate of drug-likeness (QED) is 0.835. The molecule has 0 amide bonds. The van der Waals surface area contributed by atoms with Crippen molar-refractivity contribution in [3.63, 3.8) is 0 Å². The molecule has 0 saturated heterocycles. The molecule has 3 nitrogen and oxygen atoms in total. The summed E-state index contributed by atoms with van der Waals surface area (Å²) in [7, 11) is 0. The monoisotopic (exact) mass is 264 g/mol. The van der Waals surface area contributed by atoms with Gasteiger partial charge in [0, 0.05) is 9.87 Å². The zero-order valence-electron chi connectivity index (χ0n) is 7.98. The minimum atomic E-state index is -0.0892. The third-order valence-corrected chi connectivity index (χ3v) is 2.33. The van der Waals surface area contributed by atoms with Gasteiger partial charge in [-0.25, -0.2) is 4.68 Å². The lowest BCUT2D eigenvalue weighted by Crippen LogP contribution is -2.22. The molecule has 0 atom stereocenters. The van der Waals surface area contributed by atoms with Crippen molar-refractivity contribution in [2.75, 3.05) is 0 Å². The van der Waals surface area contributed by atoms with Crippen LogP contribution in [0.2, 0.25) is 0 Å². The maximum Gasteiger partial charge on any atom is 0.274 e. The molecule has 0 radical (unpaired) electrons. The Kier molecular flexibility index (Phi) is 2.68.